The number of methoxy groups -OCH3 is 1. The Morgan fingerprint density at radius 3 is 2.61 bits per heavy atom. The van der Waals surface area contributed by atoms with E-state index in [1.54, 1.807) is 19.4 Å². The molecule has 0 saturated carbocycles. The van der Waals surface area contributed by atoms with Gasteiger partial charge in [-0.05, 0) is 37.1 Å². The topological polar surface area (TPSA) is 88.1 Å². The van der Waals surface area contributed by atoms with E-state index < -0.39 is 0 Å². The summed E-state index contributed by atoms with van der Waals surface area (Å²) in [7, 11) is 1.64. The number of hydrogen-bond acceptors (Lipinski definition) is 6. The van der Waals surface area contributed by atoms with Crippen LogP contribution in [0.3, 0.4) is 0 Å². The zero-order chi connectivity index (χ0) is 16.2. The maximum atomic E-state index is 8.92. The molecule has 0 atom stereocenters. The van der Waals surface area contributed by atoms with Crippen LogP contribution < -0.4 is 15.4 Å². The fourth-order valence-electron chi connectivity index (χ4n) is 2.89. The molecule has 1 fully saturated rings. The van der Waals surface area contributed by atoms with Crippen molar-refractivity contribution < 1.29 is 4.74 Å². The molecule has 118 valence electrons. The number of hydrogen-bond donors (Lipinski definition) is 1. The lowest BCUT2D eigenvalue weighted by Crippen LogP contribution is -2.33. The molecule has 3 rings (SSSR count). The van der Waals surface area contributed by atoms with E-state index in [2.05, 4.69) is 14.9 Å². The standard InChI is InChI=1S/C17H19N5O/c1-23-14-3-4-15(20-11-14)12-6-8-22(9-7-12)16-5-2-13(10-18)17(19)21-16/h2-5,11-12H,6-9H2,1H3,(H2,19,21). The lowest BCUT2D eigenvalue weighted by Gasteiger charge is -2.32. The third-order valence-electron chi connectivity index (χ3n) is 4.26. The molecule has 6 nitrogen and oxygen atoms in total. The van der Waals surface area contributed by atoms with Crippen molar-refractivity contribution in [2.24, 2.45) is 0 Å². The molecule has 0 radical (unpaired) electrons. The summed E-state index contributed by atoms with van der Waals surface area (Å²) in [6.45, 7) is 1.80. The summed E-state index contributed by atoms with van der Waals surface area (Å²) < 4.78 is 5.15. The summed E-state index contributed by atoms with van der Waals surface area (Å²) in [5.74, 6) is 2.36. The van der Waals surface area contributed by atoms with Gasteiger partial charge in [0.25, 0.3) is 0 Å². The summed E-state index contributed by atoms with van der Waals surface area (Å²) in [6, 6.07) is 9.63. The van der Waals surface area contributed by atoms with Crippen LogP contribution in [0, 0.1) is 11.3 Å². The minimum Gasteiger partial charge on any atom is -0.495 e. The van der Waals surface area contributed by atoms with Gasteiger partial charge in [-0.1, -0.05) is 0 Å². The third kappa shape index (κ3) is 3.19. The lowest BCUT2D eigenvalue weighted by atomic mass is 9.93. The molecule has 1 saturated heterocycles. The first-order valence-corrected chi connectivity index (χ1v) is 7.62. The molecule has 2 N–H and O–H groups in total. The second-order valence-electron chi connectivity index (χ2n) is 5.60. The van der Waals surface area contributed by atoms with Crippen LogP contribution >= 0.6 is 0 Å². The number of piperidine rings is 1. The van der Waals surface area contributed by atoms with Gasteiger partial charge in [-0.3, -0.25) is 4.98 Å². The van der Waals surface area contributed by atoms with Gasteiger partial charge < -0.3 is 15.4 Å². The Kier molecular flexibility index (Phi) is 4.29. The van der Waals surface area contributed by atoms with Crippen molar-refractivity contribution in [3.05, 3.63) is 41.7 Å². The fourth-order valence-corrected chi connectivity index (χ4v) is 2.89. The monoisotopic (exact) mass is 309 g/mol. The highest BCUT2D eigenvalue weighted by Crippen LogP contribution is 2.29. The van der Waals surface area contributed by atoms with Crippen LogP contribution in [0.2, 0.25) is 0 Å². The Hall–Kier alpha value is -2.81. The van der Waals surface area contributed by atoms with E-state index in [4.69, 9.17) is 15.7 Å². The molecule has 1 aliphatic rings. The minimum absolute atomic E-state index is 0.295. The number of ether oxygens (including phenoxy) is 1. The highest BCUT2D eigenvalue weighted by Gasteiger charge is 2.22. The smallest absolute Gasteiger partial charge is 0.143 e. The van der Waals surface area contributed by atoms with Gasteiger partial charge >= 0.3 is 0 Å². The molecular weight excluding hydrogens is 290 g/mol. The Morgan fingerprint density at radius 2 is 2.04 bits per heavy atom. The number of aromatic nitrogens is 2. The molecule has 2 aromatic heterocycles. The molecule has 3 heterocycles. The summed E-state index contributed by atoms with van der Waals surface area (Å²) >= 11 is 0. The van der Waals surface area contributed by atoms with Gasteiger partial charge in [-0.15, -0.1) is 0 Å². The van der Waals surface area contributed by atoms with E-state index in [1.807, 2.05) is 24.3 Å². The second-order valence-corrected chi connectivity index (χ2v) is 5.60. The van der Waals surface area contributed by atoms with Gasteiger partial charge in [0.15, 0.2) is 0 Å². The SMILES string of the molecule is COc1ccc(C2CCN(c3ccc(C#N)c(N)n3)CC2)nc1. The van der Waals surface area contributed by atoms with Crippen LogP contribution in [0.1, 0.15) is 30.0 Å². The molecule has 0 spiro atoms. The summed E-state index contributed by atoms with van der Waals surface area (Å²) in [4.78, 5) is 11.0. The molecule has 0 aromatic carbocycles. The van der Waals surface area contributed by atoms with Gasteiger partial charge in [-0.25, -0.2) is 4.98 Å². The maximum absolute atomic E-state index is 8.92. The Bertz CT molecular complexity index is 715. The molecular formula is C17H19N5O. The van der Waals surface area contributed by atoms with E-state index in [9.17, 15) is 0 Å². The van der Waals surface area contributed by atoms with Gasteiger partial charge in [0.2, 0.25) is 0 Å². The molecule has 0 bridgehead atoms. The highest BCUT2D eigenvalue weighted by atomic mass is 16.5. The Morgan fingerprint density at radius 1 is 1.26 bits per heavy atom. The van der Waals surface area contributed by atoms with E-state index in [0.717, 1.165) is 43.2 Å². The lowest BCUT2D eigenvalue weighted by molar-refractivity contribution is 0.411. The number of anilines is 2. The van der Waals surface area contributed by atoms with Gasteiger partial charge in [0, 0.05) is 24.7 Å². The maximum Gasteiger partial charge on any atom is 0.143 e. The number of rotatable bonds is 3. The van der Waals surface area contributed by atoms with Crippen molar-refractivity contribution in [2.45, 2.75) is 18.8 Å². The van der Waals surface area contributed by atoms with Gasteiger partial charge in [0.05, 0.1) is 18.9 Å². The van der Waals surface area contributed by atoms with Crippen LogP contribution in [-0.4, -0.2) is 30.2 Å². The number of pyridine rings is 2. The average molecular weight is 309 g/mol. The molecule has 1 aliphatic heterocycles. The first-order valence-electron chi connectivity index (χ1n) is 7.62. The van der Waals surface area contributed by atoms with Crippen molar-refractivity contribution in [3.63, 3.8) is 0 Å². The molecule has 0 unspecified atom stereocenters. The first kappa shape index (κ1) is 15.1. The average Bonchev–Trinajstić information content (AvgIpc) is 2.62. The van der Waals surface area contributed by atoms with Gasteiger partial charge in [0.1, 0.15) is 23.5 Å². The summed E-state index contributed by atoms with van der Waals surface area (Å²) in [5, 5.41) is 8.92. The van der Waals surface area contributed by atoms with Crippen molar-refractivity contribution in [2.75, 3.05) is 30.8 Å². The van der Waals surface area contributed by atoms with Crippen LogP contribution in [0.15, 0.2) is 30.5 Å². The first-order chi connectivity index (χ1) is 11.2. The largest absolute Gasteiger partial charge is 0.495 e. The van der Waals surface area contributed by atoms with Crippen LogP contribution in [0.5, 0.6) is 5.75 Å². The van der Waals surface area contributed by atoms with Gasteiger partial charge in [-0.2, -0.15) is 5.26 Å². The zero-order valence-corrected chi connectivity index (χ0v) is 13.1. The fraction of sp³-hybridized carbons (Fsp3) is 0.353. The quantitative estimate of drug-likeness (QED) is 0.936. The molecule has 23 heavy (non-hydrogen) atoms. The van der Waals surface area contributed by atoms with E-state index in [0.29, 0.717) is 17.3 Å². The zero-order valence-electron chi connectivity index (χ0n) is 13.1. The second kappa shape index (κ2) is 6.53. The number of nitriles is 1. The van der Waals surface area contributed by atoms with Crippen molar-refractivity contribution in [1.29, 1.82) is 5.26 Å². The Labute approximate surface area is 135 Å². The number of nitrogen functional groups attached to an aromatic ring is 1. The molecule has 0 amide bonds. The van der Waals surface area contributed by atoms with Crippen molar-refractivity contribution >= 4 is 11.6 Å². The van der Waals surface area contributed by atoms with Crippen molar-refractivity contribution in [3.8, 4) is 11.8 Å². The molecule has 2 aromatic rings. The van der Waals surface area contributed by atoms with Crippen LogP contribution in [0.4, 0.5) is 11.6 Å². The molecule has 6 heteroatoms. The summed E-state index contributed by atoms with van der Waals surface area (Å²) in [5.41, 5.74) is 7.33. The van der Waals surface area contributed by atoms with E-state index in [1.165, 1.54) is 0 Å². The number of nitrogens with two attached hydrogens (primary N) is 1. The van der Waals surface area contributed by atoms with E-state index in [-0.39, 0.29) is 0 Å². The van der Waals surface area contributed by atoms with Crippen LogP contribution in [-0.2, 0) is 0 Å². The predicted molar refractivity (Wildman–Crippen MR) is 88.3 cm³/mol. The minimum atomic E-state index is 0.295. The predicted octanol–water partition coefficient (Wildman–Crippen LogP) is 2.32. The number of nitrogens with zero attached hydrogens (tertiary/aromatic N) is 4. The highest BCUT2D eigenvalue weighted by molar-refractivity contribution is 5.55. The van der Waals surface area contributed by atoms with Crippen LogP contribution in [0.25, 0.3) is 0 Å². The third-order valence-corrected chi connectivity index (χ3v) is 4.26. The normalized spacial score (nSPS) is 15.2. The van der Waals surface area contributed by atoms with E-state index >= 15 is 0 Å². The molecule has 0 aliphatic carbocycles. The Balaban J connectivity index is 1.66. The summed E-state index contributed by atoms with van der Waals surface area (Å²) in [6.07, 6.45) is 3.80. The van der Waals surface area contributed by atoms with Crippen molar-refractivity contribution in [1.82, 2.24) is 9.97 Å².